The molecule has 0 bridgehead atoms. The van der Waals surface area contributed by atoms with Crippen molar-refractivity contribution < 1.29 is 0 Å². The summed E-state index contributed by atoms with van der Waals surface area (Å²) in [7, 11) is 0. The Morgan fingerprint density at radius 3 is 2.50 bits per heavy atom. The van der Waals surface area contributed by atoms with Crippen molar-refractivity contribution >= 4 is 11.4 Å². The van der Waals surface area contributed by atoms with Gasteiger partial charge in [0.2, 0.25) is 0 Å². The van der Waals surface area contributed by atoms with E-state index in [2.05, 4.69) is 21.3 Å². The van der Waals surface area contributed by atoms with Crippen molar-refractivity contribution in [2.75, 3.05) is 42.9 Å². The number of nitrogens with one attached hydrogen (secondary N) is 1. The van der Waals surface area contributed by atoms with Crippen molar-refractivity contribution in [3.05, 3.63) is 50.5 Å². The number of hydrogen-bond donors (Lipinski definition) is 1. The zero-order valence-corrected chi connectivity index (χ0v) is 13.4. The summed E-state index contributed by atoms with van der Waals surface area (Å²) >= 11 is 0. The van der Waals surface area contributed by atoms with Gasteiger partial charge in [0.25, 0.3) is 10.9 Å². The highest BCUT2D eigenvalue weighted by atomic mass is 16.2. The summed E-state index contributed by atoms with van der Waals surface area (Å²) in [4.78, 5) is 32.0. The van der Waals surface area contributed by atoms with E-state index in [1.807, 2.05) is 17.0 Å². The lowest BCUT2D eigenvalue weighted by Gasteiger charge is -2.36. The second kappa shape index (κ2) is 7.23. The maximum absolute atomic E-state index is 12.0. The van der Waals surface area contributed by atoms with Gasteiger partial charge in [0, 0.05) is 58.1 Å². The molecule has 1 aliphatic rings. The fraction of sp³-hybridized carbons (Fsp3) is 0.412. The highest BCUT2D eigenvalue weighted by Crippen LogP contribution is 2.22. The average Bonchev–Trinajstić information content (AvgIpc) is 2.64. The fourth-order valence-electron chi connectivity index (χ4n) is 2.94. The van der Waals surface area contributed by atoms with Gasteiger partial charge in [-0.15, -0.1) is 0 Å². The zero-order valence-electron chi connectivity index (χ0n) is 13.4. The van der Waals surface area contributed by atoms with Crippen molar-refractivity contribution in [1.82, 2.24) is 9.88 Å². The molecule has 0 saturated carbocycles. The minimum Gasteiger partial charge on any atom is -0.376 e. The highest BCUT2D eigenvalue weighted by Gasteiger charge is 2.28. The van der Waals surface area contributed by atoms with Crippen molar-refractivity contribution in [3.8, 4) is 6.07 Å². The first kappa shape index (κ1) is 16.1. The number of piperazine rings is 1. The lowest BCUT2D eigenvalue weighted by Crippen LogP contribution is -2.51. The Morgan fingerprint density at radius 1 is 1.12 bits per heavy atom. The average molecular weight is 325 g/mol. The van der Waals surface area contributed by atoms with Crippen molar-refractivity contribution in [3.63, 3.8) is 0 Å². The van der Waals surface area contributed by atoms with Gasteiger partial charge in [-0.2, -0.15) is 5.26 Å². The van der Waals surface area contributed by atoms with E-state index in [9.17, 15) is 9.59 Å². The zero-order chi connectivity index (χ0) is 16.9. The van der Waals surface area contributed by atoms with Gasteiger partial charge in [0.1, 0.15) is 11.4 Å². The Balaban J connectivity index is 1.63. The van der Waals surface area contributed by atoms with Crippen LogP contribution in [-0.4, -0.2) is 42.6 Å². The van der Waals surface area contributed by atoms with Gasteiger partial charge >= 0.3 is 0 Å². The van der Waals surface area contributed by atoms with E-state index in [0.717, 1.165) is 25.2 Å². The molecule has 0 spiro atoms. The van der Waals surface area contributed by atoms with Crippen LogP contribution in [0.5, 0.6) is 0 Å². The van der Waals surface area contributed by atoms with Gasteiger partial charge < -0.3 is 10.2 Å². The quantitative estimate of drug-likeness (QED) is 0.765. The van der Waals surface area contributed by atoms with Gasteiger partial charge in [-0.1, -0.05) is 0 Å². The number of hydrogen-bond acceptors (Lipinski definition) is 7. The number of rotatable bonds is 6. The molecule has 7 nitrogen and oxygen atoms in total. The van der Waals surface area contributed by atoms with E-state index >= 15 is 0 Å². The van der Waals surface area contributed by atoms with Crippen LogP contribution in [-0.2, 0) is 6.54 Å². The molecule has 0 radical (unpaired) electrons. The Kier molecular flexibility index (Phi) is 4.87. The Bertz CT molecular complexity index is 797. The number of aromatic nitrogens is 1. The molecule has 0 amide bonds. The Morgan fingerprint density at radius 2 is 1.83 bits per heavy atom. The molecular formula is C17H19N5O2. The number of anilines is 2. The second-order valence-corrected chi connectivity index (χ2v) is 5.83. The van der Waals surface area contributed by atoms with E-state index in [1.54, 1.807) is 12.4 Å². The molecule has 0 unspecified atom stereocenters. The molecule has 1 aromatic heterocycles. The normalized spacial score (nSPS) is 15.4. The summed E-state index contributed by atoms with van der Waals surface area (Å²) in [5.41, 5.74) is 1.09. The predicted molar refractivity (Wildman–Crippen MR) is 91.8 cm³/mol. The molecule has 0 atom stereocenters. The third-order valence-corrected chi connectivity index (χ3v) is 4.33. The summed E-state index contributed by atoms with van der Waals surface area (Å²) in [6, 6.07) is 5.88. The first-order chi connectivity index (χ1) is 11.7. The van der Waals surface area contributed by atoms with E-state index in [0.29, 0.717) is 37.4 Å². The minimum atomic E-state index is -0.439. The molecule has 1 aromatic carbocycles. The molecule has 0 aliphatic carbocycles. The number of pyridine rings is 1. The van der Waals surface area contributed by atoms with E-state index in [1.165, 1.54) is 0 Å². The lowest BCUT2D eigenvalue weighted by atomic mass is 10.1. The summed E-state index contributed by atoms with van der Waals surface area (Å²) in [6.45, 7) is 4.22. The largest absolute Gasteiger partial charge is 0.376 e. The van der Waals surface area contributed by atoms with Crippen LogP contribution in [0.3, 0.4) is 0 Å². The van der Waals surface area contributed by atoms with E-state index in [4.69, 9.17) is 5.26 Å². The highest BCUT2D eigenvalue weighted by molar-refractivity contribution is 5.75. The molecular weight excluding hydrogens is 306 g/mol. The van der Waals surface area contributed by atoms with Crippen molar-refractivity contribution in [2.45, 2.75) is 13.0 Å². The first-order valence-corrected chi connectivity index (χ1v) is 8.01. The third-order valence-electron chi connectivity index (χ3n) is 4.33. The third kappa shape index (κ3) is 3.29. The summed E-state index contributed by atoms with van der Waals surface area (Å²) in [6.07, 6.45) is 3.90. The van der Waals surface area contributed by atoms with Crippen molar-refractivity contribution in [1.29, 1.82) is 5.26 Å². The molecule has 124 valence electrons. The van der Waals surface area contributed by atoms with Crippen LogP contribution in [0.2, 0.25) is 0 Å². The Hall–Kier alpha value is -2.72. The van der Waals surface area contributed by atoms with E-state index < -0.39 is 10.9 Å². The maximum Gasteiger partial charge on any atom is 0.253 e. The summed E-state index contributed by atoms with van der Waals surface area (Å²) < 4.78 is 0. The summed E-state index contributed by atoms with van der Waals surface area (Å²) in [5, 5.41) is 11.7. The van der Waals surface area contributed by atoms with Crippen LogP contribution in [0.4, 0.5) is 11.4 Å². The van der Waals surface area contributed by atoms with Crippen LogP contribution in [0.1, 0.15) is 12.0 Å². The van der Waals surface area contributed by atoms with Crippen LogP contribution < -0.4 is 21.1 Å². The smallest absolute Gasteiger partial charge is 0.253 e. The number of nitrogens with zero attached hydrogens (tertiary/aromatic N) is 4. The van der Waals surface area contributed by atoms with Crippen LogP contribution in [0.15, 0.2) is 34.1 Å². The van der Waals surface area contributed by atoms with Crippen LogP contribution in [0.25, 0.3) is 0 Å². The molecule has 1 fully saturated rings. The lowest BCUT2D eigenvalue weighted by molar-refractivity contribution is 0.263. The van der Waals surface area contributed by atoms with Crippen LogP contribution >= 0.6 is 0 Å². The number of nitriles is 1. The van der Waals surface area contributed by atoms with E-state index in [-0.39, 0.29) is 0 Å². The fourth-order valence-corrected chi connectivity index (χ4v) is 2.94. The molecule has 1 saturated heterocycles. The molecule has 3 rings (SSSR count). The van der Waals surface area contributed by atoms with Crippen molar-refractivity contribution in [2.24, 2.45) is 0 Å². The molecule has 2 heterocycles. The molecule has 7 heteroatoms. The molecule has 1 aliphatic heterocycles. The topological polar surface area (TPSA) is 89.3 Å². The van der Waals surface area contributed by atoms with Crippen LogP contribution in [0, 0.1) is 11.3 Å². The van der Waals surface area contributed by atoms with Gasteiger partial charge in [-0.3, -0.25) is 19.5 Å². The first-order valence-electron chi connectivity index (χ1n) is 8.01. The molecule has 24 heavy (non-hydrogen) atoms. The van der Waals surface area contributed by atoms with Gasteiger partial charge in [-0.25, -0.2) is 0 Å². The molecule has 1 N–H and O–H groups in total. The monoisotopic (exact) mass is 325 g/mol. The SMILES string of the molecule is N#CCCN1CCN(c2c(NCc3ccncc3)c(=O)c2=O)CC1. The summed E-state index contributed by atoms with van der Waals surface area (Å²) in [5.74, 6) is 0. The standard InChI is InChI=1S/C17H19N5O2/c18-4-1-7-21-8-10-22(11-9-21)15-14(16(23)17(15)24)20-12-13-2-5-19-6-3-13/h2-3,5-6,20H,1,7-12H2. The van der Waals surface area contributed by atoms with Gasteiger partial charge in [0.15, 0.2) is 0 Å². The predicted octanol–water partition coefficient (Wildman–Crippen LogP) is 0.325. The molecule has 2 aromatic rings. The maximum atomic E-state index is 12.0. The second-order valence-electron chi connectivity index (χ2n) is 5.83. The van der Waals surface area contributed by atoms with Gasteiger partial charge in [-0.05, 0) is 17.7 Å². The van der Waals surface area contributed by atoms with Gasteiger partial charge in [0.05, 0.1) is 6.07 Å². The Labute approximate surface area is 139 Å². The minimum absolute atomic E-state index is 0.405.